The van der Waals surface area contributed by atoms with Gasteiger partial charge < -0.3 is 9.64 Å². The largest absolute Gasteiger partial charge is 0.497 e. The van der Waals surface area contributed by atoms with Gasteiger partial charge in [-0.25, -0.2) is 0 Å². The fourth-order valence-corrected chi connectivity index (χ4v) is 4.32. The van der Waals surface area contributed by atoms with Gasteiger partial charge in [0.15, 0.2) is 0 Å². The zero-order chi connectivity index (χ0) is 19.3. The number of hydrogen-bond acceptors (Lipinski definition) is 4. The third-order valence-corrected chi connectivity index (χ3v) is 5.95. The van der Waals surface area contributed by atoms with E-state index in [0.717, 1.165) is 50.3 Å². The van der Waals surface area contributed by atoms with Crippen LogP contribution in [0.3, 0.4) is 0 Å². The minimum absolute atomic E-state index is 0.738. The molecular formula is C24H28N2O2. The molecule has 4 nitrogen and oxygen atoms in total. The zero-order valence-corrected chi connectivity index (χ0v) is 16.6. The Morgan fingerprint density at radius 1 is 0.929 bits per heavy atom. The van der Waals surface area contributed by atoms with E-state index >= 15 is 0 Å². The number of ether oxygens (including phenoxy) is 1. The van der Waals surface area contributed by atoms with Crippen molar-refractivity contribution in [1.82, 2.24) is 4.90 Å². The summed E-state index contributed by atoms with van der Waals surface area (Å²) in [4.78, 5) is 15.8. The van der Waals surface area contributed by atoms with E-state index in [2.05, 4.69) is 46.2 Å². The van der Waals surface area contributed by atoms with Crippen LogP contribution >= 0.6 is 0 Å². The highest BCUT2D eigenvalue weighted by Gasteiger charge is 2.22. The number of allylic oxidation sites excluding steroid dienone is 1. The van der Waals surface area contributed by atoms with Gasteiger partial charge in [-0.2, -0.15) is 0 Å². The van der Waals surface area contributed by atoms with E-state index in [1.54, 1.807) is 12.7 Å². The first-order valence-corrected chi connectivity index (χ1v) is 10.1. The van der Waals surface area contributed by atoms with Gasteiger partial charge in [0.05, 0.1) is 7.11 Å². The molecule has 1 aliphatic carbocycles. The molecule has 1 heterocycles. The molecule has 0 saturated carbocycles. The fourth-order valence-electron chi connectivity index (χ4n) is 4.32. The Balaban J connectivity index is 1.38. The summed E-state index contributed by atoms with van der Waals surface area (Å²) in [5, 5.41) is 0. The number of anilines is 1. The topological polar surface area (TPSA) is 32.8 Å². The van der Waals surface area contributed by atoms with Gasteiger partial charge in [-0.1, -0.05) is 17.7 Å². The molecule has 146 valence electrons. The summed E-state index contributed by atoms with van der Waals surface area (Å²) >= 11 is 0. The molecule has 4 rings (SSSR count). The molecular weight excluding hydrogens is 348 g/mol. The summed E-state index contributed by atoms with van der Waals surface area (Å²) in [6, 6.07) is 16.4. The highest BCUT2D eigenvalue weighted by Crippen LogP contribution is 2.35. The average molecular weight is 377 g/mol. The molecule has 1 saturated heterocycles. The summed E-state index contributed by atoms with van der Waals surface area (Å²) < 4.78 is 5.29. The van der Waals surface area contributed by atoms with Crippen LogP contribution in [-0.2, 0) is 0 Å². The Hall–Kier alpha value is -2.59. The number of nitrogens with zero attached hydrogens (tertiary/aromatic N) is 2. The van der Waals surface area contributed by atoms with Crippen molar-refractivity contribution in [2.75, 3.05) is 44.7 Å². The van der Waals surface area contributed by atoms with Crippen molar-refractivity contribution in [2.45, 2.75) is 19.3 Å². The maximum Gasteiger partial charge on any atom is 0.150 e. The van der Waals surface area contributed by atoms with Gasteiger partial charge in [-0.3, -0.25) is 9.69 Å². The predicted molar refractivity (Wildman–Crippen MR) is 114 cm³/mol. The number of piperazine rings is 1. The van der Waals surface area contributed by atoms with Crippen LogP contribution in [0, 0.1) is 0 Å². The number of hydrogen-bond donors (Lipinski definition) is 0. The smallest absolute Gasteiger partial charge is 0.150 e. The minimum atomic E-state index is 0.738. The molecule has 0 atom stereocenters. The lowest BCUT2D eigenvalue weighted by molar-refractivity contribution is 0.112. The van der Waals surface area contributed by atoms with Crippen LogP contribution in [0.1, 0.15) is 35.2 Å². The summed E-state index contributed by atoms with van der Waals surface area (Å²) in [5.74, 6) is 0.918. The van der Waals surface area contributed by atoms with E-state index in [9.17, 15) is 4.79 Å². The molecule has 1 fully saturated rings. The molecule has 0 unspecified atom stereocenters. The van der Waals surface area contributed by atoms with Crippen LogP contribution in [0.15, 0.2) is 54.1 Å². The van der Waals surface area contributed by atoms with Crippen molar-refractivity contribution >= 4 is 17.5 Å². The van der Waals surface area contributed by atoms with E-state index in [1.807, 2.05) is 12.1 Å². The monoisotopic (exact) mass is 376 g/mol. The van der Waals surface area contributed by atoms with Crippen molar-refractivity contribution in [1.29, 1.82) is 0 Å². The van der Waals surface area contributed by atoms with E-state index in [-0.39, 0.29) is 0 Å². The molecule has 4 heteroatoms. The number of benzene rings is 2. The van der Waals surface area contributed by atoms with Crippen LogP contribution < -0.4 is 9.64 Å². The molecule has 28 heavy (non-hydrogen) atoms. The SMILES string of the molecule is COc1ccc(C2=C(CN3CCN(c4ccc(C=O)cc4)CC3)CCC2)cc1. The summed E-state index contributed by atoms with van der Waals surface area (Å²) in [5.41, 5.74) is 6.44. The van der Waals surface area contributed by atoms with Crippen LogP contribution in [-0.4, -0.2) is 51.0 Å². The molecule has 2 aromatic rings. The summed E-state index contributed by atoms with van der Waals surface area (Å²) in [7, 11) is 1.71. The van der Waals surface area contributed by atoms with Gasteiger partial charge in [0, 0.05) is 44.0 Å². The highest BCUT2D eigenvalue weighted by molar-refractivity contribution is 5.75. The number of carbonyl (C=O) groups excluding carboxylic acids is 1. The number of aldehydes is 1. The van der Waals surface area contributed by atoms with Gasteiger partial charge in [-0.15, -0.1) is 0 Å². The number of carbonyl (C=O) groups is 1. The van der Waals surface area contributed by atoms with Crippen molar-refractivity contribution < 1.29 is 9.53 Å². The van der Waals surface area contributed by atoms with E-state index < -0.39 is 0 Å². The molecule has 0 N–H and O–H groups in total. The van der Waals surface area contributed by atoms with Crippen LogP contribution in [0.2, 0.25) is 0 Å². The number of methoxy groups -OCH3 is 1. The van der Waals surface area contributed by atoms with Crippen LogP contribution in [0.4, 0.5) is 5.69 Å². The predicted octanol–water partition coefficient (Wildman–Crippen LogP) is 4.27. The Kier molecular flexibility index (Phi) is 5.77. The van der Waals surface area contributed by atoms with Crippen LogP contribution in [0.5, 0.6) is 5.75 Å². The Bertz CT molecular complexity index is 832. The third kappa shape index (κ3) is 4.12. The first-order chi connectivity index (χ1) is 13.8. The van der Waals surface area contributed by atoms with Crippen molar-refractivity contribution in [2.24, 2.45) is 0 Å². The van der Waals surface area contributed by atoms with Crippen molar-refractivity contribution in [3.63, 3.8) is 0 Å². The Labute approximate surface area is 167 Å². The lowest BCUT2D eigenvalue weighted by atomic mass is 10.0. The molecule has 0 spiro atoms. The van der Waals surface area contributed by atoms with Crippen LogP contribution in [0.25, 0.3) is 5.57 Å². The maximum absolute atomic E-state index is 10.8. The first kappa shape index (κ1) is 18.8. The molecule has 2 aliphatic rings. The maximum atomic E-state index is 10.8. The van der Waals surface area contributed by atoms with Crippen molar-refractivity contribution in [3.8, 4) is 5.75 Å². The Morgan fingerprint density at radius 3 is 2.29 bits per heavy atom. The standard InChI is InChI=1S/C24H28N2O2/c1-28-23-11-7-20(8-12-23)24-4-2-3-21(24)17-25-13-15-26(16-14-25)22-9-5-19(18-27)6-10-22/h5-12,18H,2-4,13-17H2,1H3. The van der Waals surface area contributed by atoms with E-state index in [0.29, 0.717) is 0 Å². The Morgan fingerprint density at radius 2 is 1.64 bits per heavy atom. The molecule has 0 amide bonds. The first-order valence-electron chi connectivity index (χ1n) is 10.1. The molecule has 0 bridgehead atoms. The summed E-state index contributed by atoms with van der Waals surface area (Å²) in [6.07, 6.45) is 4.57. The lowest BCUT2D eigenvalue weighted by Crippen LogP contribution is -2.46. The van der Waals surface area contributed by atoms with Crippen molar-refractivity contribution in [3.05, 3.63) is 65.2 Å². The normalized spacial score (nSPS) is 17.8. The molecule has 0 aromatic heterocycles. The van der Waals surface area contributed by atoms with Gasteiger partial charge in [0.2, 0.25) is 0 Å². The molecule has 2 aromatic carbocycles. The van der Waals surface area contributed by atoms with Gasteiger partial charge in [0.25, 0.3) is 0 Å². The number of rotatable bonds is 6. The zero-order valence-electron chi connectivity index (χ0n) is 16.6. The highest BCUT2D eigenvalue weighted by atomic mass is 16.5. The van der Waals surface area contributed by atoms with E-state index in [4.69, 9.17) is 4.74 Å². The van der Waals surface area contributed by atoms with Gasteiger partial charge in [-0.05, 0) is 66.8 Å². The second-order valence-corrected chi connectivity index (χ2v) is 7.64. The average Bonchev–Trinajstić information content (AvgIpc) is 3.22. The second-order valence-electron chi connectivity index (χ2n) is 7.64. The van der Waals surface area contributed by atoms with E-state index in [1.165, 1.54) is 36.1 Å². The molecule has 1 aliphatic heterocycles. The van der Waals surface area contributed by atoms with Gasteiger partial charge >= 0.3 is 0 Å². The quantitative estimate of drug-likeness (QED) is 0.705. The lowest BCUT2D eigenvalue weighted by Gasteiger charge is -2.36. The van der Waals surface area contributed by atoms with Gasteiger partial charge in [0.1, 0.15) is 12.0 Å². The minimum Gasteiger partial charge on any atom is -0.497 e. The molecule has 0 radical (unpaired) electrons. The second kappa shape index (κ2) is 8.61. The third-order valence-electron chi connectivity index (χ3n) is 5.95. The summed E-state index contributed by atoms with van der Waals surface area (Å²) in [6.45, 7) is 5.31. The fraction of sp³-hybridized carbons (Fsp3) is 0.375.